The van der Waals surface area contributed by atoms with Gasteiger partial charge in [0.1, 0.15) is 11.6 Å². The number of aliphatic hydroxyl groups excluding tert-OH is 1. The third kappa shape index (κ3) is 4.64. The van der Waals surface area contributed by atoms with Crippen LogP contribution >= 0.6 is 0 Å². The molecule has 0 aromatic rings. The van der Waals surface area contributed by atoms with E-state index in [-0.39, 0.29) is 12.0 Å². The summed E-state index contributed by atoms with van der Waals surface area (Å²) in [6.07, 6.45) is -1.25. The van der Waals surface area contributed by atoms with Gasteiger partial charge in [0.2, 0.25) is 5.91 Å². The molecule has 0 unspecified atom stereocenters. The van der Waals surface area contributed by atoms with E-state index in [4.69, 9.17) is 10.5 Å². The number of hydrogen-bond acceptors (Lipinski definition) is 5. The lowest BCUT2D eigenvalue weighted by Crippen LogP contribution is -2.56. The molecule has 0 aromatic carbocycles. The number of rotatable bonds is 2. The minimum Gasteiger partial charge on any atom is -0.444 e. The van der Waals surface area contributed by atoms with Gasteiger partial charge in [-0.3, -0.25) is 4.79 Å². The van der Waals surface area contributed by atoms with Crippen LogP contribution in [0.1, 0.15) is 27.7 Å². The molecule has 0 saturated carbocycles. The first-order chi connectivity index (χ1) is 9.11. The molecule has 1 rings (SSSR count). The third-order valence-corrected chi connectivity index (χ3v) is 3.05. The van der Waals surface area contributed by atoms with Crippen LogP contribution in [0, 0.1) is 0 Å². The highest BCUT2D eigenvalue weighted by molar-refractivity contribution is 5.82. The van der Waals surface area contributed by atoms with Crippen molar-refractivity contribution < 1.29 is 19.4 Å². The minimum atomic E-state index is -0.914. The fourth-order valence-electron chi connectivity index (χ4n) is 1.85. The van der Waals surface area contributed by atoms with Gasteiger partial charge in [0.05, 0.1) is 6.10 Å². The first-order valence-corrected chi connectivity index (χ1v) is 6.82. The number of amides is 2. The Hall–Kier alpha value is -1.34. The molecule has 0 radical (unpaired) electrons. The number of carbonyl (C=O) groups is 2. The molecule has 0 aliphatic carbocycles. The summed E-state index contributed by atoms with van der Waals surface area (Å²) in [5.74, 6) is -0.288. The second kappa shape index (κ2) is 6.41. The molecule has 2 atom stereocenters. The molecule has 3 N–H and O–H groups in total. The monoisotopic (exact) mass is 287 g/mol. The average molecular weight is 287 g/mol. The molecule has 1 aliphatic heterocycles. The Bertz CT molecular complexity index is 357. The lowest BCUT2D eigenvalue weighted by molar-refractivity contribution is -0.136. The van der Waals surface area contributed by atoms with E-state index >= 15 is 0 Å². The minimum absolute atomic E-state index is 0.288. The van der Waals surface area contributed by atoms with Crippen molar-refractivity contribution in [3.63, 3.8) is 0 Å². The number of nitrogens with two attached hydrogens (primary N) is 1. The van der Waals surface area contributed by atoms with Crippen LogP contribution < -0.4 is 5.73 Å². The molecule has 20 heavy (non-hydrogen) atoms. The highest BCUT2D eigenvalue weighted by Gasteiger charge is 2.30. The average Bonchev–Trinajstić information content (AvgIpc) is 2.35. The van der Waals surface area contributed by atoms with Crippen LogP contribution in [0.2, 0.25) is 0 Å². The van der Waals surface area contributed by atoms with Crippen LogP contribution in [0.15, 0.2) is 0 Å². The topological polar surface area (TPSA) is 96.1 Å². The van der Waals surface area contributed by atoms with E-state index in [9.17, 15) is 14.7 Å². The summed E-state index contributed by atoms with van der Waals surface area (Å²) in [6.45, 7) is 8.54. The van der Waals surface area contributed by atoms with Gasteiger partial charge in [-0.15, -0.1) is 0 Å². The number of aliphatic hydroxyl groups is 1. The van der Waals surface area contributed by atoms with Crippen molar-refractivity contribution in [3.05, 3.63) is 0 Å². The van der Waals surface area contributed by atoms with E-state index in [1.54, 1.807) is 9.80 Å². The van der Waals surface area contributed by atoms with Crippen molar-refractivity contribution in [3.8, 4) is 0 Å². The van der Waals surface area contributed by atoms with E-state index < -0.39 is 17.7 Å². The molecular weight excluding hydrogens is 262 g/mol. The maximum Gasteiger partial charge on any atom is 0.410 e. The van der Waals surface area contributed by atoms with Crippen LogP contribution in [0.5, 0.6) is 0 Å². The Labute approximate surface area is 119 Å². The predicted octanol–water partition coefficient (Wildman–Crippen LogP) is -0.226. The molecule has 116 valence electrons. The fraction of sp³-hybridized carbons (Fsp3) is 0.846. The second-order valence-corrected chi connectivity index (χ2v) is 6.06. The Kier molecular flexibility index (Phi) is 5.35. The zero-order chi connectivity index (χ0) is 15.5. The maximum atomic E-state index is 12.0. The van der Waals surface area contributed by atoms with Crippen molar-refractivity contribution >= 4 is 12.0 Å². The van der Waals surface area contributed by atoms with Gasteiger partial charge in [0, 0.05) is 26.2 Å². The van der Waals surface area contributed by atoms with Crippen molar-refractivity contribution in [2.24, 2.45) is 5.73 Å². The standard InChI is InChI=1S/C13H25N3O4/c1-9(17)10(14)11(18)15-5-7-16(8-6-15)12(19)20-13(2,3)4/h9-10,17H,5-8,14H2,1-4H3/t9-,10+/m1/s1. The van der Waals surface area contributed by atoms with Crippen LogP contribution in [0.4, 0.5) is 4.79 Å². The number of carbonyl (C=O) groups excluding carboxylic acids is 2. The summed E-state index contributed by atoms with van der Waals surface area (Å²) in [7, 11) is 0. The Morgan fingerprint density at radius 1 is 1.15 bits per heavy atom. The molecule has 2 amide bonds. The molecule has 1 fully saturated rings. The zero-order valence-electron chi connectivity index (χ0n) is 12.6. The Balaban J connectivity index is 2.48. The molecule has 0 aromatic heterocycles. The second-order valence-electron chi connectivity index (χ2n) is 6.06. The maximum absolute atomic E-state index is 12.0. The van der Waals surface area contributed by atoms with Crippen LogP contribution in [-0.4, -0.2) is 70.8 Å². The molecule has 1 saturated heterocycles. The quantitative estimate of drug-likeness (QED) is 0.731. The summed E-state index contributed by atoms with van der Waals surface area (Å²) in [5, 5.41) is 9.33. The van der Waals surface area contributed by atoms with Crippen molar-refractivity contribution in [2.45, 2.75) is 45.4 Å². The van der Waals surface area contributed by atoms with Crippen molar-refractivity contribution in [1.82, 2.24) is 9.80 Å². The lowest BCUT2D eigenvalue weighted by atomic mass is 10.1. The van der Waals surface area contributed by atoms with Gasteiger partial charge in [0.15, 0.2) is 0 Å². The smallest absolute Gasteiger partial charge is 0.410 e. The van der Waals surface area contributed by atoms with Crippen molar-refractivity contribution in [1.29, 1.82) is 0 Å². The molecule has 7 heteroatoms. The summed E-state index contributed by atoms with van der Waals surface area (Å²) in [4.78, 5) is 27.0. The van der Waals surface area contributed by atoms with Gasteiger partial charge < -0.3 is 25.4 Å². The molecule has 7 nitrogen and oxygen atoms in total. The van der Waals surface area contributed by atoms with Gasteiger partial charge >= 0.3 is 6.09 Å². The first kappa shape index (κ1) is 16.7. The number of piperazine rings is 1. The number of nitrogens with zero attached hydrogens (tertiary/aromatic N) is 2. The normalized spacial score (nSPS) is 19.5. The molecular formula is C13H25N3O4. The van der Waals surface area contributed by atoms with E-state index in [2.05, 4.69) is 0 Å². The van der Waals surface area contributed by atoms with E-state index in [0.29, 0.717) is 26.2 Å². The van der Waals surface area contributed by atoms with E-state index in [1.165, 1.54) is 6.92 Å². The van der Waals surface area contributed by atoms with E-state index in [1.807, 2.05) is 20.8 Å². The third-order valence-electron chi connectivity index (χ3n) is 3.05. The van der Waals surface area contributed by atoms with Crippen LogP contribution in [0.3, 0.4) is 0 Å². The fourth-order valence-corrected chi connectivity index (χ4v) is 1.85. The Morgan fingerprint density at radius 2 is 1.60 bits per heavy atom. The SMILES string of the molecule is C[C@@H](O)[C@H](N)C(=O)N1CCN(C(=O)OC(C)(C)C)CC1. The summed E-state index contributed by atoms with van der Waals surface area (Å²) < 4.78 is 5.28. The van der Waals surface area contributed by atoms with Crippen LogP contribution in [-0.2, 0) is 9.53 Å². The zero-order valence-corrected chi connectivity index (χ0v) is 12.6. The van der Waals surface area contributed by atoms with Crippen LogP contribution in [0.25, 0.3) is 0 Å². The predicted molar refractivity (Wildman–Crippen MR) is 74.0 cm³/mol. The molecule has 0 bridgehead atoms. The largest absolute Gasteiger partial charge is 0.444 e. The number of hydrogen-bond donors (Lipinski definition) is 2. The van der Waals surface area contributed by atoms with E-state index in [0.717, 1.165) is 0 Å². The van der Waals surface area contributed by atoms with Gasteiger partial charge in [-0.05, 0) is 27.7 Å². The highest BCUT2D eigenvalue weighted by atomic mass is 16.6. The van der Waals surface area contributed by atoms with Crippen molar-refractivity contribution in [2.75, 3.05) is 26.2 Å². The Morgan fingerprint density at radius 3 is 2.00 bits per heavy atom. The molecule has 1 heterocycles. The molecule has 0 spiro atoms. The highest BCUT2D eigenvalue weighted by Crippen LogP contribution is 2.12. The van der Waals surface area contributed by atoms with Gasteiger partial charge in [-0.25, -0.2) is 4.79 Å². The summed E-state index contributed by atoms with van der Waals surface area (Å²) in [5.41, 5.74) is 5.09. The van der Waals surface area contributed by atoms with Gasteiger partial charge in [-0.1, -0.05) is 0 Å². The van der Waals surface area contributed by atoms with Gasteiger partial charge in [-0.2, -0.15) is 0 Å². The number of ether oxygens (including phenoxy) is 1. The summed E-state index contributed by atoms with van der Waals surface area (Å²) in [6, 6.07) is -0.914. The lowest BCUT2D eigenvalue weighted by Gasteiger charge is -2.36. The molecule has 1 aliphatic rings. The van der Waals surface area contributed by atoms with Gasteiger partial charge in [0.25, 0.3) is 0 Å². The summed E-state index contributed by atoms with van der Waals surface area (Å²) >= 11 is 0. The first-order valence-electron chi connectivity index (χ1n) is 6.82.